The van der Waals surface area contributed by atoms with E-state index in [0.29, 0.717) is 22.5 Å². The number of furan rings is 1. The molecule has 0 bridgehead atoms. The molecule has 0 atom stereocenters. The van der Waals surface area contributed by atoms with Gasteiger partial charge in [-0.05, 0) is 26.3 Å². The molecule has 1 aromatic heterocycles. The van der Waals surface area contributed by atoms with Gasteiger partial charge in [-0.25, -0.2) is 0 Å². The lowest BCUT2D eigenvalue weighted by atomic mass is 9.84. The van der Waals surface area contributed by atoms with E-state index in [4.69, 9.17) is 4.42 Å². The van der Waals surface area contributed by atoms with Crippen LogP contribution in [0.3, 0.4) is 0 Å². The van der Waals surface area contributed by atoms with Crippen LogP contribution in [0.2, 0.25) is 0 Å². The van der Waals surface area contributed by atoms with Crippen molar-refractivity contribution in [3.63, 3.8) is 0 Å². The fourth-order valence-corrected chi connectivity index (χ4v) is 2.85. The Morgan fingerprint density at radius 3 is 2.04 bits per heavy atom. The van der Waals surface area contributed by atoms with Crippen LogP contribution in [0, 0.1) is 6.92 Å². The third-order valence-corrected chi connectivity index (χ3v) is 4.32. The molecule has 0 unspecified atom stereocenters. The summed E-state index contributed by atoms with van der Waals surface area (Å²) in [6.45, 7) is 6.45. The number of allylic oxidation sites excluding steroid dienone is 2. The lowest BCUT2D eigenvalue weighted by molar-refractivity contribution is 0.0957. The zero-order chi connectivity index (χ0) is 16.9. The second kappa shape index (κ2) is 5.16. The van der Waals surface area contributed by atoms with Crippen molar-refractivity contribution in [1.82, 2.24) is 0 Å². The molecule has 4 heteroatoms. The van der Waals surface area contributed by atoms with Gasteiger partial charge in [-0.1, -0.05) is 24.3 Å². The molecule has 0 fully saturated rings. The average molecular weight is 308 g/mol. The molecule has 0 radical (unpaired) electrons. The van der Waals surface area contributed by atoms with Crippen LogP contribution in [0.1, 0.15) is 57.6 Å². The second-order valence-corrected chi connectivity index (χ2v) is 5.79. The van der Waals surface area contributed by atoms with Crippen molar-refractivity contribution >= 4 is 17.3 Å². The topological polar surface area (TPSA) is 64.3 Å². The smallest absolute Gasteiger partial charge is 0.195 e. The molecule has 0 amide bonds. The van der Waals surface area contributed by atoms with E-state index in [0.717, 1.165) is 5.56 Å². The summed E-state index contributed by atoms with van der Waals surface area (Å²) in [5, 5.41) is 0. The number of fused-ring (bicyclic) bond motifs is 1. The van der Waals surface area contributed by atoms with Crippen LogP contribution in [-0.2, 0) is 0 Å². The predicted molar refractivity (Wildman–Crippen MR) is 85.9 cm³/mol. The first kappa shape index (κ1) is 15.2. The summed E-state index contributed by atoms with van der Waals surface area (Å²) >= 11 is 0. The number of hydrogen-bond donors (Lipinski definition) is 0. The molecule has 0 aliphatic heterocycles. The van der Waals surface area contributed by atoms with Gasteiger partial charge in [0.15, 0.2) is 23.1 Å². The molecule has 1 aliphatic rings. The van der Waals surface area contributed by atoms with Crippen molar-refractivity contribution < 1.29 is 18.8 Å². The molecule has 1 aromatic carbocycles. The summed E-state index contributed by atoms with van der Waals surface area (Å²) in [5.41, 5.74) is 2.69. The lowest BCUT2D eigenvalue weighted by Crippen LogP contribution is -2.20. The first-order chi connectivity index (χ1) is 10.8. The third kappa shape index (κ3) is 2.10. The van der Waals surface area contributed by atoms with E-state index in [1.165, 1.54) is 6.92 Å². The molecule has 1 heterocycles. The van der Waals surface area contributed by atoms with E-state index in [-0.39, 0.29) is 34.2 Å². The molecule has 0 N–H and O–H groups in total. The Balaban J connectivity index is 2.40. The number of hydrogen-bond acceptors (Lipinski definition) is 4. The molecule has 4 nitrogen and oxygen atoms in total. The van der Waals surface area contributed by atoms with E-state index in [1.54, 1.807) is 13.8 Å². The van der Waals surface area contributed by atoms with Gasteiger partial charge in [-0.2, -0.15) is 0 Å². The molecule has 1 aliphatic carbocycles. The first-order valence-corrected chi connectivity index (χ1v) is 7.35. The maximum Gasteiger partial charge on any atom is 0.195 e. The summed E-state index contributed by atoms with van der Waals surface area (Å²) in [6, 6.07) is 7.41. The summed E-state index contributed by atoms with van der Waals surface area (Å²) < 4.78 is 5.72. The van der Waals surface area contributed by atoms with E-state index in [2.05, 4.69) is 0 Å². The Bertz CT molecular complexity index is 909. The van der Waals surface area contributed by atoms with Gasteiger partial charge < -0.3 is 4.42 Å². The summed E-state index contributed by atoms with van der Waals surface area (Å²) in [6.07, 6.45) is 0. The summed E-state index contributed by atoms with van der Waals surface area (Å²) in [5.74, 6) is -0.677. The van der Waals surface area contributed by atoms with E-state index >= 15 is 0 Å². The monoisotopic (exact) mass is 308 g/mol. The zero-order valence-corrected chi connectivity index (χ0v) is 13.4. The van der Waals surface area contributed by atoms with Crippen molar-refractivity contribution in [2.45, 2.75) is 27.7 Å². The van der Waals surface area contributed by atoms with Crippen molar-refractivity contribution in [2.75, 3.05) is 0 Å². The molecular formula is C19H16O4. The number of aryl methyl sites for hydroxylation is 1. The molecule has 0 spiro atoms. The van der Waals surface area contributed by atoms with Crippen molar-refractivity contribution in [2.24, 2.45) is 0 Å². The third-order valence-electron chi connectivity index (χ3n) is 4.32. The van der Waals surface area contributed by atoms with Crippen LogP contribution >= 0.6 is 0 Å². The molecule has 116 valence electrons. The van der Waals surface area contributed by atoms with E-state index in [1.807, 2.05) is 31.2 Å². The van der Waals surface area contributed by atoms with Gasteiger partial charge in [0.1, 0.15) is 5.76 Å². The highest BCUT2D eigenvalue weighted by Crippen LogP contribution is 2.39. The standard InChI is InChI=1S/C19H16O4/c1-9-7-5-6-8-13(9)19-15-14(18(23-19)12(4)20)16(21)10(2)11(3)17(15)22/h5-8H,1-4H3. The van der Waals surface area contributed by atoms with Gasteiger partial charge in [0, 0.05) is 23.6 Å². The highest BCUT2D eigenvalue weighted by Gasteiger charge is 2.37. The number of Topliss-reactive ketones (excluding diaryl/α,β-unsaturated/α-hetero) is 3. The summed E-state index contributed by atoms with van der Waals surface area (Å²) in [4.78, 5) is 37.3. The molecule has 2 aromatic rings. The van der Waals surface area contributed by atoms with Crippen LogP contribution in [0.5, 0.6) is 0 Å². The Hall–Kier alpha value is -2.75. The van der Waals surface area contributed by atoms with Gasteiger partial charge in [-0.3, -0.25) is 14.4 Å². The van der Waals surface area contributed by atoms with Gasteiger partial charge in [0.2, 0.25) is 0 Å². The minimum atomic E-state index is -0.366. The van der Waals surface area contributed by atoms with Gasteiger partial charge in [0.25, 0.3) is 0 Å². The van der Waals surface area contributed by atoms with E-state index < -0.39 is 0 Å². The van der Waals surface area contributed by atoms with Crippen LogP contribution < -0.4 is 0 Å². The fourth-order valence-electron chi connectivity index (χ4n) is 2.85. The minimum absolute atomic E-state index is 0.0385. The SMILES string of the molecule is CC(=O)c1oc(-c2ccccc2C)c2c1C(=O)C(C)=C(C)C2=O. The molecule has 0 saturated carbocycles. The number of carbonyl (C=O) groups excluding carboxylic acids is 3. The van der Waals surface area contributed by atoms with Crippen molar-refractivity contribution in [3.05, 3.63) is 57.9 Å². The van der Waals surface area contributed by atoms with Gasteiger partial charge >= 0.3 is 0 Å². The van der Waals surface area contributed by atoms with Gasteiger partial charge in [-0.15, -0.1) is 0 Å². The predicted octanol–water partition coefficient (Wildman–Crippen LogP) is 4.17. The number of benzene rings is 1. The number of rotatable bonds is 2. The maximum atomic E-state index is 12.7. The average Bonchev–Trinajstić information content (AvgIpc) is 2.92. The van der Waals surface area contributed by atoms with Crippen LogP contribution in [0.4, 0.5) is 0 Å². The first-order valence-electron chi connectivity index (χ1n) is 7.35. The Morgan fingerprint density at radius 2 is 1.48 bits per heavy atom. The van der Waals surface area contributed by atoms with Crippen molar-refractivity contribution in [3.8, 4) is 11.3 Å². The molecule has 3 rings (SSSR count). The minimum Gasteiger partial charge on any atom is -0.451 e. The highest BCUT2D eigenvalue weighted by molar-refractivity contribution is 6.30. The Labute approximate surface area is 133 Å². The number of ketones is 3. The van der Waals surface area contributed by atoms with E-state index in [9.17, 15) is 14.4 Å². The molecular weight excluding hydrogens is 292 g/mol. The van der Waals surface area contributed by atoms with Gasteiger partial charge in [0.05, 0.1) is 11.1 Å². The Morgan fingerprint density at radius 1 is 0.913 bits per heavy atom. The summed E-state index contributed by atoms with van der Waals surface area (Å²) in [7, 11) is 0. The normalized spacial score (nSPS) is 14.3. The fraction of sp³-hybridized carbons (Fsp3) is 0.211. The molecule has 0 saturated heterocycles. The maximum absolute atomic E-state index is 12.7. The second-order valence-electron chi connectivity index (χ2n) is 5.79. The van der Waals surface area contributed by atoms with Crippen LogP contribution in [0.25, 0.3) is 11.3 Å². The quantitative estimate of drug-likeness (QED) is 0.781. The van der Waals surface area contributed by atoms with Crippen LogP contribution in [-0.4, -0.2) is 17.3 Å². The molecule has 23 heavy (non-hydrogen) atoms. The Kier molecular flexibility index (Phi) is 3.40. The zero-order valence-electron chi connectivity index (χ0n) is 13.4. The number of carbonyl (C=O) groups is 3. The van der Waals surface area contributed by atoms with Crippen molar-refractivity contribution in [1.29, 1.82) is 0 Å². The highest BCUT2D eigenvalue weighted by atomic mass is 16.4. The largest absolute Gasteiger partial charge is 0.451 e. The lowest BCUT2D eigenvalue weighted by Gasteiger charge is -2.14. The van der Waals surface area contributed by atoms with Crippen LogP contribution in [0.15, 0.2) is 39.8 Å².